The lowest BCUT2D eigenvalue weighted by Crippen LogP contribution is -2.39. The Morgan fingerprint density at radius 1 is 1.03 bits per heavy atom. The zero-order valence-electron chi connectivity index (χ0n) is 18.5. The number of rotatable bonds is 13. The third-order valence-electron chi connectivity index (χ3n) is 4.65. The van der Waals surface area contributed by atoms with Crippen LogP contribution in [0.5, 0.6) is 0 Å². The molecule has 1 aliphatic heterocycles. The molecule has 0 amide bonds. The number of ether oxygens (including phenoxy) is 3. The zero-order valence-corrected chi connectivity index (χ0v) is 20.9. The molecule has 0 bridgehead atoms. The Labute approximate surface area is 199 Å². The van der Waals surface area contributed by atoms with E-state index in [0.29, 0.717) is 32.9 Å². The highest BCUT2D eigenvalue weighted by atomic mass is 127. The molecule has 1 aromatic carbocycles. The van der Waals surface area contributed by atoms with Crippen molar-refractivity contribution in [1.29, 1.82) is 0 Å². The molecule has 2 rings (SSSR count). The Morgan fingerprint density at radius 3 is 2.50 bits per heavy atom. The second kappa shape index (κ2) is 17.6. The summed E-state index contributed by atoms with van der Waals surface area (Å²) in [6.45, 7) is 12.6. The summed E-state index contributed by atoms with van der Waals surface area (Å²) in [4.78, 5) is 7.14. The van der Waals surface area contributed by atoms with Crippen LogP contribution in [0.2, 0.25) is 0 Å². The van der Waals surface area contributed by atoms with Crippen LogP contribution < -0.4 is 15.5 Å². The predicted octanol–water partition coefficient (Wildman–Crippen LogP) is 3.03. The number of nitrogens with one attached hydrogen (secondary N) is 2. The van der Waals surface area contributed by atoms with Gasteiger partial charge in [-0.15, -0.1) is 24.0 Å². The Hall–Kier alpha value is -1.10. The van der Waals surface area contributed by atoms with E-state index in [1.54, 1.807) is 0 Å². The van der Waals surface area contributed by atoms with Gasteiger partial charge in [0.15, 0.2) is 5.96 Å². The Bertz CT molecular complexity index is 583. The van der Waals surface area contributed by atoms with Gasteiger partial charge in [0.05, 0.1) is 39.6 Å². The van der Waals surface area contributed by atoms with E-state index in [1.807, 2.05) is 0 Å². The SMILES string of the molecule is CCCCOCCOCCNC(=NCc1ccccc1N1CCOCC1)NCC.I. The molecule has 1 fully saturated rings. The number of benzene rings is 1. The molecule has 1 saturated heterocycles. The summed E-state index contributed by atoms with van der Waals surface area (Å²) in [5.41, 5.74) is 2.48. The first-order valence-corrected chi connectivity index (χ1v) is 10.9. The van der Waals surface area contributed by atoms with Crippen LogP contribution in [0.25, 0.3) is 0 Å². The molecular formula is C22H39IN4O3. The van der Waals surface area contributed by atoms with Crippen molar-refractivity contribution in [2.24, 2.45) is 4.99 Å². The maximum atomic E-state index is 5.61. The summed E-state index contributed by atoms with van der Waals surface area (Å²) in [6, 6.07) is 8.49. The summed E-state index contributed by atoms with van der Waals surface area (Å²) in [5, 5.41) is 6.64. The number of aliphatic imine (C=N–C) groups is 1. The summed E-state index contributed by atoms with van der Waals surface area (Å²) < 4.78 is 16.6. The van der Waals surface area contributed by atoms with E-state index in [4.69, 9.17) is 19.2 Å². The van der Waals surface area contributed by atoms with Gasteiger partial charge in [-0.25, -0.2) is 4.99 Å². The van der Waals surface area contributed by atoms with E-state index in [1.165, 1.54) is 11.3 Å². The summed E-state index contributed by atoms with van der Waals surface area (Å²) in [6.07, 6.45) is 2.27. The van der Waals surface area contributed by atoms with Gasteiger partial charge in [-0.1, -0.05) is 31.5 Å². The van der Waals surface area contributed by atoms with Gasteiger partial charge in [0.2, 0.25) is 0 Å². The standard InChI is InChI=1S/C22H38N4O3.HI/c1-3-5-13-27-17-18-28-14-10-24-22(23-4-2)25-19-20-8-6-7-9-21(20)26-11-15-29-16-12-26;/h6-9H,3-5,10-19H2,1-2H3,(H2,23,24,25);1H. The number of hydrogen-bond donors (Lipinski definition) is 2. The van der Waals surface area contributed by atoms with Crippen molar-refractivity contribution < 1.29 is 14.2 Å². The van der Waals surface area contributed by atoms with Crippen molar-refractivity contribution in [3.8, 4) is 0 Å². The molecule has 0 aliphatic carbocycles. The monoisotopic (exact) mass is 534 g/mol. The number of anilines is 1. The van der Waals surface area contributed by atoms with Crippen molar-refractivity contribution >= 4 is 35.6 Å². The highest BCUT2D eigenvalue weighted by Gasteiger charge is 2.14. The molecular weight excluding hydrogens is 495 g/mol. The molecule has 1 aliphatic rings. The minimum atomic E-state index is 0. The van der Waals surface area contributed by atoms with Gasteiger partial charge >= 0.3 is 0 Å². The molecule has 0 saturated carbocycles. The average Bonchev–Trinajstić information content (AvgIpc) is 2.77. The lowest BCUT2D eigenvalue weighted by Gasteiger charge is -2.30. The predicted molar refractivity (Wildman–Crippen MR) is 134 cm³/mol. The van der Waals surface area contributed by atoms with Crippen molar-refractivity contribution in [2.45, 2.75) is 33.2 Å². The van der Waals surface area contributed by atoms with Gasteiger partial charge < -0.3 is 29.7 Å². The lowest BCUT2D eigenvalue weighted by atomic mass is 10.1. The fraction of sp³-hybridized carbons (Fsp3) is 0.682. The minimum absolute atomic E-state index is 0. The van der Waals surface area contributed by atoms with E-state index in [0.717, 1.165) is 58.3 Å². The van der Waals surface area contributed by atoms with Crippen LogP contribution in [0, 0.1) is 0 Å². The van der Waals surface area contributed by atoms with Crippen LogP contribution in [0.3, 0.4) is 0 Å². The first kappa shape index (κ1) is 26.9. The smallest absolute Gasteiger partial charge is 0.191 e. The number of morpholine rings is 1. The van der Waals surface area contributed by atoms with E-state index in [-0.39, 0.29) is 24.0 Å². The fourth-order valence-corrected chi connectivity index (χ4v) is 3.07. The van der Waals surface area contributed by atoms with Gasteiger partial charge in [0.1, 0.15) is 0 Å². The number of guanidine groups is 1. The van der Waals surface area contributed by atoms with Crippen LogP contribution in [-0.2, 0) is 20.8 Å². The van der Waals surface area contributed by atoms with Crippen molar-refractivity contribution in [1.82, 2.24) is 10.6 Å². The van der Waals surface area contributed by atoms with Crippen LogP contribution in [-0.4, -0.2) is 71.8 Å². The topological polar surface area (TPSA) is 67.4 Å². The highest BCUT2D eigenvalue weighted by molar-refractivity contribution is 14.0. The molecule has 30 heavy (non-hydrogen) atoms. The Kier molecular flexibility index (Phi) is 15.8. The lowest BCUT2D eigenvalue weighted by molar-refractivity contribution is 0.0487. The molecule has 8 heteroatoms. The minimum Gasteiger partial charge on any atom is -0.379 e. The van der Waals surface area contributed by atoms with Gasteiger partial charge in [0, 0.05) is 38.5 Å². The van der Waals surface area contributed by atoms with Gasteiger partial charge in [0.25, 0.3) is 0 Å². The highest BCUT2D eigenvalue weighted by Crippen LogP contribution is 2.22. The maximum absolute atomic E-state index is 5.61. The van der Waals surface area contributed by atoms with Crippen LogP contribution in [0.4, 0.5) is 5.69 Å². The van der Waals surface area contributed by atoms with E-state index in [9.17, 15) is 0 Å². The third-order valence-corrected chi connectivity index (χ3v) is 4.65. The fourth-order valence-electron chi connectivity index (χ4n) is 3.07. The Morgan fingerprint density at radius 2 is 1.77 bits per heavy atom. The van der Waals surface area contributed by atoms with E-state index in [2.05, 4.69) is 53.6 Å². The number of halogens is 1. The summed E-state index contributed by atoms with van der Waals surface area (Å²) in [5.74, 6) is 0.812. The van der Waals surface area contributed by atoms with E-state index >= 15 is 0 Å². The van der Waals surface area contributed by atoms with Crippen LogP contribution in [0.1, 0.15) is 32.3 Å². The van der Waals surface area contributed by atoms with Gasteiger partial charge in [-0.3, -0.25) is 0 Å². The van der Waals surface area contributed by atoms with Crippen LogP contribution >= 0.6 is 24.0 Å². The van der Waals surface area contributed by atoms with Gasteiger partial charge in [-0.05, 0) is 25.0 Å². The molecule has 0 unspecified atom stereocenters. The molecule has 0 spiro atoms. The van der Waals surface area contributed by atoms with Crippen molar-refractivity contribution in [3.63, 3.8) is 0 Å². The first-order valence-electron chi connectivity index (χ1n) is 10.9. The summed E-state index contributed by atoms with van der Waals surface area (Å²) in [7, 11) is 0. The summed E-state index contributed by atoms with van der Waals surface area (Å²) >= 11 is 0. The second-order valence-corrected chi connectivity index (χ2v) is 6.93. The number of para-hydroxylation sites is 1. The third kappa shape index (κ3) is 10.8. The first-order chi connectivity index (χ1) is 14.3. The van der Waals surface area contributed by atoms with Crippen molar-refractivity contribution in [2.75, 3.05) is 70.7 Å². The maximum Gasteiger partial charge on any atom is 0.191 e. The zero-order chi connectivity index (χ0) is 20.6. The molecule has 1 heterocycles. The average molecular weight is 534 g/mol. The Balaban J connectivity index is 0.00000450. The van der Waals surface area contributed by atoms with Gasteiger partial charge in [-0.2, -0.15) is 0 Å². The van der Waals surface area contributed by atoms with Crippen molar-refractivity contribution in [3.05, 3.63) is 29.8 Å². The van der Waals surface area contributed by atoms with E-state index < -0.39 is 0 Å². The van der Waals surface area contributed by atoms with Crippen LogP contribution in [0.15, 0.2) is 29.3 Å². The number of hydrogen-bond acceptors (Lipinski definition) is 5. The molecule has 1 aromatic rings. The second-order valence-electron chi connectivity index (χ2n) is 6.93. The largest absolute Gasteiger partial charge is 0.379 e. The molecule has 0 atom stereocenters. The molecule has 0 radical (unpaired) electrons. The normalized spacial score (nSPS) is 14.3. The molecule has 172 valence electrons. The number of nitrogens with zero attached hydrogens (tertiary/aromatic N) is 2. The molecule has 0 aromatic heterocycles. The molecule has 7 nitrogen and oxygen atoms in total. The number of unbranched alkanes of at least 4 members (excludes halogenated alkanes) is 1. The quantitative estimate of drug-likeness (QED) is 0.176. The molecule has 2 N–H and O–H groups in total.